The predicted molar refractivity (Wildman–Crippen MR) is 69.3 cm³/mol. The maximum Gasteiger partial charge on any atom is 0.303 e. The minimum atomic E-state index is -0.855. The van der Waals surface area contributed by atoms with Gasteiger partial charge < -0.3 is 5.11 Å². The third-order valence-electron chi connectivity index (χ3n) is 2.95. The molecular formula is C14H15FN2O2. The molecule has 0 atom stereocenters. The lowest BCUT2D eigenvalue weighted by molar-refractivity contribution is -0.136. The normalized spacial score (nSPS) is 10.7. The van der Waals surface area contributed by atoms with Crippen LogP contribution in [0.3, 0.4) is 0 Å². The Balaban J connectivity index is 2.37. The standard InChI is InChI=1S/C14H15FN2O2/c1-9-7-10(3-4-12(9)15)11-8-17(2)16-13(11)5-6-14(18)19/h3-4,7-8H,5-6H2,1-2H3,(H,18,19). The van der Waals surface area contributed by atoms with Gasteiger partial charge in [0.05, 0.1) is 12.1 Å². The molecule has 1 aromatic carbocycles. The summed E-state index contributed by atoms with van der Waals surface area (Å²) in [5, 5.41) is 13.0. The van der Waals surface area contributed by atoms with Gasteiger partial charge in [0, 0.05) is 25.2 Å². The highest BCUT2D eigenvalue weighted by molar-refractivity contribution is 5.69. The SMILES string of the molecule is Cc1cc(-c2cn(C)nc2CCC(=O)O)ccc1F. The zero-order valence-electron chi connectivity index (χ0n) is 10.9. The highest BCUT2D eigenvalue weighted by Gasteiger charge is 2.12. The molecule has 1 N–H and O–H groups in total. The summed E-state index contributed by atoms with van der Waals surface area (Å²) in [5.41, 5.74) is 2.99. The number of hydrogen-bond donors (Lipinski definition) is 1. The summed E-state index contributed by atoms with van der Waals surface area (Å²) in [4.78, 5) is 10.6. The molecule has 0 aliphatic heterocycles. The van der Waals surface area contributed by atoms with E-state index >= 15 is 0 Å². The van der Waals surface area contributed by atoms with Crippen LogP contribution < -0.4 is 0 Å². The number of carbonyl (C=O) groups is 1. The van der Waals surface area contributed by atoms with Crippen LogP contribution in [-0.4, -0.2) is 20.9 Å². The highest BCUT2D eigenvalue weighted by atomic mass is 19.1. The van der Waals surface area contributed by atoms with Gasteiger partial charge in [-0.3, -0.25) is 9.48 Å². The van der Waals surface area contributed by atoms with Crippen molar-refractivity contribution in [1.82, 2.24) is 9.78 Å². The first-order valence-corrected chi connectivity index (χ1v) is 5.98. The van der Waals surface area contributed by atoms with Crippen molar-refractivity contribution in [1.29, 1.82) is 0 Å². The number of aliphatic carboxylic acids is 1. The second-order valence-corrected chi connectivity index (χ2v) is 4.52. The molecule has 1 heterocycles. The van der Waals surface area contributed by atoms with Gasteiger partial charge in [-0.2, -0.15) is 5.10 Å². The summed E-state index contributed by atoms with van der Waals surface area (Å²) in [6, 6.07) is 4.85. The van der Waals surface area contributed by atoms with E-state index in [1.165, 1.54) is 6.07 Å². The lowest BCUT2D eigenvalue weighted by Gasteiger charge is -2.03. The fraction of sp³-hybridized carbons (Fsp3) is 0.286. The Morgan fingerprint density at radius 2 is 2.21 bits per heavy atom. The lowest BCUT2D eigenvalue weighted by atomic mass is 10.0. The molecule has 0 aliphatic rings. The van der Waals surface area contributed by atoms with Crippen molar-refractivity contribution in [3.05, 3.63) is 41.5 Å². The fourth-order valence-electron chi connectivity index (χ4n) is 2.00. The molecule has 2 aromatic rings. The first-order chi connectivity index (χ1) is 8.97. The van der Waals surface area contributed by atoms with Crippen molar-refractivity contribution in [3.63, 3.8) is 0 Å². The molecule has 0 saturated carbocycles. The van der Waals surface area contributed by atoms with Crippen molar-refractivity contribution >= 4 is 5.97 Å². The molecule has 0 radical (unpaired) electrons. The first-order valence-electron chi connectivity index (χ1n) is 5.98. The van der Waals surface area contributed by atoms with Crippen LogP contribution in [0.25, 0.3) is 11.1 Å². The fourth-order valence-corrected chi connectivity index (χ4v) is 2.00. The van der Waals surface area contributed by atoms with E-state index in [9.17, 15) is 9.18 Å². The summed E-state index contributed by atoms with van der Waals surface area (Å²) in [5.74, 6) is -1.10. The van der Waals surface area contributed by atoms with Gasteiger partial charge in [0.25, 0.3) is 0 Å². The molecule has 0 aliphatic carbocycles. The minimum absolute atomic E-state index is 0.0319. The summed E-state index contributed by atoms with van der Waals surface area (Å²) in [6.07, 6.45) is 2.22. The van der Waals surface area contributed by atoms with Crippen LogP contribution in [0.5, 0.6) is 0 Å². The van der Waals surface area contributed by atoms with Crippen LogP contribution in [0.15, 0.2) is 24.4 Å². The van der Waals surface area contributed by atoms with Crippen molar-refractivity contribution < 1.29 is 14.3 Å². The third-order valence-corrected chi connectivity index (χ3v) is 2.95. The van der Waals surface area contributed by atoms with Gasteiger partial charge >= 0.3 is 5.97 Å². The average Bonchev–Trinajstić information content (AvgIpc) is 2.71. The molecule has 19 heavy (non-hydrogen) atoms. The maximum absolute atomic E-state index is 13.3. The van der Waals surface area contributed by atoms with Crippen molar-refractivity contribution in [2.24, 2.45) is 7.05 Å². The largest absolute Gasteiger partial charge is 0.481 e. The van der Waals surface area contributed by atoms with Gasteiger partial charge in [0.15, 0.2) is 0 Å². The topological polar surface area (TPSA) is 55.1 Å². The second kappa shape index (κ2) is 5.22. The molecule has 0 fully saturated rings. The lowest BCUT2D eigenvalue weighted by Crippen LogP contribution is -2.00. The van der Waals surface area contributed by atoms with E-state index < -0.39 is 5.97 Å². The van der Waals surface area contributed by atoms with E-state index in [4.69, 9.17) is 5.11 Å². The second-order valence-electron chi connectivity index (χ2n) is 4.52. The van der Waals surface area contributed by atoms with Crippen LogP contribution in [0, 0.1) is 12.7 Å². The van der Waals surface area contributed by atoms with E-state index in [1.807, 2.05) is 6.20 Å². The molecule has 4 nitrogen and oxygen atoms in total. The number of aryl methyl sites for hydroxylation is 3. The predicted octanol–water partition coefficient (Wildman–Crippen LogP) is 2.55. The Hall–Kier alpha value is -2.17. The van der Waals surface area contributed by atoms with E-state index in [2.05, 4.69) is 5.10 Å². The first kappa shape index (κ1) is 13.3. The molecule has 0 amide bonds. The van der Waals surface area contributed by atoms with Crippen molar-refractivity contribution in [2.75, 3.05) is 0 Å². The monoisotopic (exact) mass is 262 g/mol. The van der Waals surface area contributed by atoms with E-state index in [-0.39, 0.29) is 12.2 Å². The molecule has 100 valence electrons. The zero-order chi connectivity index (χ0) is 14.0. The molecule has 5 heteroatoms. The highest BCUT2D eigenvalue weighted by Crippen LogP contribution is 2.25. The quantitative estimate of drug-likeness (QED) is 0.921. The molecule has 1 aromatic heterocycles. The summed E-state index contributed by atoms with van der Waals surface area (Å²) >= 11 is 0. The molecule has 0 bridgehead atoms. The average molecular weight is 262 g/mol. The molecule has 2 rings (SSSR count). The number of aromatic nitrogens is 2. The Labute approximate surface area is 110 Å². The van der Waals surface area contributed by atoms with Gasteiger partial charge in [0.1, 0.15) is 5.82 Å². The Bertz CT molecular complexity index is 620. The van der Waals surface area contributed by atoms with Crippen LogP contribution in [0.4, 0.5) is 4.39 Å². The number of benzene rings is 1. The third kappa shape index (κ3) is 2.99. The number of hydrogen-bond acceptors (Lipinski definition) is 2. The van der Waals surface area contributed by atoms with E-state index in [0.29, 0.717) is 12.0 Å². The molecular weight excluding hydrogens is 247 g/mol. The number of rotatable bonds is 4. The van der Waals surface area contributed by atoms with E-state index in [1.54, 1.807) is 30.8 Å². The number of carboxylic acid groups (broad SMARTS) is 1. The van der Waals surface area contributed by atoms with Crippen LogP contribution in [-0.2, 0) is 18.3 Å². The van der Waals surface area contributed by atoms with Gasteiger partial charge in [-0.05, 0) is 30.2 Å². The van der Waals surface area contributed by atoms with Crippen LogP contribution >= 0.6 is 0 Å². The summed E-state index contributed by atoms with van der Waals surface area (Å²) < 4.78 is 14.9. The van der Waals surface area contributed by atoms with Crippen LogP contribution in [0.2, 0.25) is 0 Å². The van der Waals surface area contributed by atoms with Crippen LogP contribution in [0.1, 0.15) is 17.7 Å². The number of carboxylic acids is 1. The maximum atomic E-state index is 13.3. The van der Waals surface area contributed by atoms with Gasteiger partial charge in [0.2, 0.25) is 0 Å². The zero-order valence-corrected chi connectivity index (χ0v) is 10.9. The van der Waals surface area contributed by atoms with Gasteiger partial charge in [-0.1, -0.05) is 6.07 Å². The smallest absolute Gasteiger partial charge is 0.303 e. The Kier molecular flexibility index (Phi) is 3.64. The summed E-state index contributed by atoms with van der Waals surface area (Å²) in [6.45, 7) is 1.70. The molecule has 0 saturated heterocycles. The van der Waals surface area contributed by atoms with Gasteiger partial charge in [-0.25, -0.2) is 4.39 Å². The molecule has 0 unspecified atom stereocenters. The van der Waals surface area contributed by atoms with Crippen molar-refractivity contribution in [3.8, 4) is 11.1 Å². The number of halogens is 1. The minimum Gasteiger partial charge on any atom is -0.481 e. The summed E-state index contributed by atoms with van der Waals surface area (Å²) in [7, 11) is 1.78. The molecule has 0 spiro atoms. The Morgan fingerprint density at radius 3 is 2.84 bits per heavy atom. The van der Waals surface area contributed by atoms with Crippen molar-refractivity contribution in [2.45, 2.75) is 19.8 Å². The Morgan fingerprint density at radius 1 is 1.47 bits per heavy atom. The van der Waals surface area contributed by atoms with E-state index in [0.717, 1.165) is 16.8 Å². The number of nitrogens with zero attached hydrogens (tertiary/aromatic N) is 2. The van der Waals surface area contributed by atoms with Gasteiger partial charge in [-0.15, -0.1) is 0 Å².